The number of ether oxygens (including phenoxy) is 1. The maximum atomic E-state index is 5.84. The van der Waals surface area contributed by atoms with E-state index < -0.39 is 0 Å². The first-order chi connectivity index (χ1) is 12.2. The van der Waals surface area contributed by atoms with Gasteiger partial charge in [-0.05, 0) is 32.6 Å². The molecule has 0 aromatic carbocycles. The Labute approximate surface area is 145 Å². The fraction of sp³-hybridized carbons (Fsp3) is 0.471. The molecule has 1 aliphatic rings. The highest BCUT2D eigenvalue weighted by atomic mass is 16.5. The Balaban J connectivity index is 1.38. The second-order valence-electron chi connectivity index (χ2n) is 6.47. The molecule has 4 heterocycles. The molecule has 0 unspecified atom stereocenters. The van der Waals surface area contributed by atoms with Crippen molar-refractivity contribution in [2.24, 2.45) is 5.92 Å². The molecule has 0 saturated carbocycles. The SMILES string of the molecule is Cc1cc(OCC2CCN(c3cc(C)nc4ncnn34)CC2)ncn1. The van der Waals surface area contributed by atoms with Crippen LogP contribution in [0, 0.1) is 19.8 Å². The third-order valence-corrected chi connectivity index (χ3v) is 4.55. The Morgan fingerprint density at radius 2 is 1.88 bits per heavy atom. The van der Waals surface area contributed by atoms with Gasteiger partial charge in [0, 0.05) is 36.6 Å². The van der Waals surface area contributed by atoms with Gasteiger partial charge in [-0.15, -0.1) is 0 Å². The van der Waals surface area contributed by atoms with Crippen LogP contribution in [0.3, 0.4) is 0 Å². The Kier molecular flexibility index (Phi) is 4.17. The lowest BCUT2D eigenvalue weighted by Crippen LogP contribution is -2.36. The van der Waals surface area contributed by atoms with E-state index in [-0.39, 0.29) is 0 Å². The van der Waals surface area contributed by atoms with E-state index >= 15 is 0 Å². The molecule has 0 spiro atoms. The van der Waals surface area contributed by atoms with Gasteiger partial charge in [0.15, 0.2) is 0 Å². The smallest absolute Gasteiger partial charge is 0.254 e. The first-order valence-electron chi connectivity index (χ1n) is 8.53. The van der Waals surface area contributed by atoms with Crippen LogP contribution in [0.1, 0.15) is 24.2 Å². The summed E-state index contributed by atoms with van der Waals surface area (Å²) in [5.41, 5.74) is 1.88. The minimum Gasteiger partial charge on any atom is -0.477 e. The van der Waals surface area contributed by atoms with Crippen LogP contribution in [0.15, 0.2) is 24.8 Å². The van der Waals surface area contributed by atoms with E-state index in [2.05, 4.69) is 36.0 Å². The van der Waals surface area contributed by atoms with Crippen molar-refractivity contribution in [2.75, 3.05) is 24.6 Å². The second kappa shape index (κ2) is 6.62. The topological polar surface area (TPSA) is 81.3 Å². The lowest BCUT2D eigenvalue weighted by molar-refractivity contribution is 0.215. The van der Waals surface area contributed by atoms with E-state index in [1.54, 1.807) is 12.7 Å². The number of piperidine rings is 1. The summed E-state index contributed by atoms with van der Waals surface area (Å²) < 4.78 is 7.65. The van der Waals surface area contributed by atoms with Crippen molar-refractivity contribution in [1.29, 1.82) is 0 Å². The highest BCUT2D eigenvalue weighted by Gasteiger charge is 2.22. The molecular weight excluding hydrogens is 318 g/mol. The summed E-state index contributed by atoms with van der Waals surface area (Å²) in [5.74, 6) is 2.90. The lowest BCUT2D eigenvalue weighted by atomic mass is 9.98. The normalized spacial score (nSPS) is 15.7. The fourth-order valence-corrected chi connectivity index (χ4v) is 3.18. The highest BCUT2D eigenvalue weighted by molar-refractivity contribution is 5.47. The van der Waals surface area contributed by atoms with Crippen molar-refractivity contribution in [3.8, 4) is 5.88 Å². The third kappa shape index (κ3) is 3.38. The molecule has 0 radical (unpaired) electrons. The standard InChI is InChI=1S/C17H21N7O/c1-12-7-15(19-10-18-12)25-9-14-3-5-23(6-4-14)16-8-13(2)22-17-20-11-21-24(16)17/h7-8,10-11,14H,3-6,9H2,1-2H3. The Hall–Kier alpha value is -2.77. The Bertz CT molecular complexity index is 870. The summed E-state index contributed by atoms with van der Waals surface area (Å²) in [6, 6.07) is 3.94. The summed E-state index contributed by atoms with van der Waals surface area (Å²) in [7, 11) is 0. The van der Waals surface area contributed by atoms with Crippen molar-refractivity contribution in [1.82, 2.24) is 29.5 Å². The summed E-state index contributed by atoms with van der Waals surface area (Å²) in [4.78, 5) is 19.2. The molecule has 3 aromatic rings. The molecule has 3 aromatic heterocycles. The molecule has 0 bridgehead atoms. The molecule has 0 atom stereocenters. The van der Waals surface area contributed by atoms with Crippen molar-refractivity contribution < 1.29 is 4.74 Å². The first-order valence-corrected chi connectivity index (χ1v) is 8.53. The van der Waals surface area contributed by atoms with Crippen LogP contribution in [0.2, 0.25) is 0 Å². The largest absolute Gasteiger partial charge is 0.477 e. The third-order valence-electron chi connectivity index (χ3n) is 4.55. The predicted molar refractivity (Wildman–Crippen MR) is 92.7 cm³/mol. The van der Waals surface area contributed by atoms with Gasteiger partial charge >= 0.3 is 0 Å². The number of aromatic nitrogens is 6. The monoisotopic (exact) mass is 339 g/mol. The summed E-state index contributed by atoms with van der Waals surface area (Å²) >= 11 is 0. The second-order valence-corrected chi connectivity index (χ2v) is 6.47. The minimum atomic E-state index is 0.528. The Morgan fingerprint density at radius 1 is 1.04 bits per heavy atom. The van der Waals surface area contributed by atoms with Gasteiger partial charge in [0.2, 0.25) is 5.88 Å². The molecule has 0 N–H and O–H groups in total. The number of nitrogens with zero attached hydrogens (tertiary/aromatic N) is 7. The number of fused-ring (bicyclic) bond motifs is 1. The number of hydrogen-bond donors (Lipinski definition) is 0. The molecule has 25 heavy (non-hydrogen) atoms. The van der Waals surface area contributed by atoms with Gasteiger partial charge in [0.25, 0.3) is 5.78 Å². The minimum absolute atomic E-state index is 0.528. The zero-order chi connectivity index (χ0) is 17.2. The molecule has 4 rings (SSSR count). The zero-order valence-electron chi connectivity index (χ0n) is 14.5. The van der Waals surface area contributed by atoms with E-state index in [1.807, 2.05) is 24.4 Å². The average Bonchev–Trinajstić information content (AvgIpc) is 3.08. The number of hydrogen-bond acceptors (Lipinski definition) is 7. The number of anilines is 1. The van der Waals surface area contributed by atoms with E-state index in [1.165, 1.54) is 0 Å². The van der Waals surface area contributed by atoms with E-state index in [9.17, 15) is 0 Å². The van der Waals surface area contributed by atoms with Crippen LogP contribution in [-0.4, -0.2) is 49.2 Å². The van der Waals surface area contributed by atoms with Gasteiger partial charge in [0.05, 0.1) is 6.61 Å². The van der Waals surface area contributed by atoms with Crippen LogP contribution in [0.25, 0.3) is 5.78 Å². The average molecular weight is 339 g/mol. The summed E-state index contributed by atoms with van der Waals surface area (Å²) in [6.45, 7) is 6.56. The van der Waals surface area contributed by atoms with E-state index in [0.717, 1.165) is 43.1 Å². The quantitative estimate of drug-likeness (QED) is 0.717. The van der Waals surface area contributed by atoms with Gasteiger partial charge in [-0.2, -0.15) is 14.6 Å². The summed E-state index contributed by atoms with van der Waals surface area (Å²) in [5, 5.41) is 4.30. The van der Waals surface area contributed by atoms with Gasteiger partial charge in [0.1, 0.15) is 18.5 Å². The highest BCUT2D eigenvalue weighted by Crippen LogP contribution is 2.24. The fourth-order valence-electron chi connectivity index (χ4n) is 3.18. The summed E-state index contributed by atoms with van der Waals surface area (Å²) in [6.07, 6.45) is 5.24. The van der Waals surface area contributed by atoms with Crippen molar-refractivity contribution in [3.63, 3.8) is 0 Å². The first kappa shape index (κ1) is 15.7. The van der Waals surface area contributed by atoms with E-state index in [0.29, 0.717) is 24.2 Å². The maximum absolute atomic E-state index is 5.84. The molecule has 1 fully saturated rings. The van der Waals surface area contributed by atoms with Crippen LogP contribution >= 0.6 is 0 Å². The lowest BCUT2D eigenvalue weighted by Gasteiger charge is -2.33. The van der Waals surface area contributed by atoms with Gasteiger partial charge < -0.3 is 9.64 Å². The number of rotatable bonds is 4. The van der Waals surface area contributed by atoms with Gasteiger partial charge in [-0.25, -0.2) is 15.0 Å². The Morgan fingerprint density at radius 3 is 2.68 bits per heavy atom. The molecule has 0 aliphatic carbocycles. The molecule has 1 aliphatic heterocycles. The molecule has 0 amide bonds. The molecular formula is C17H21N7O. The van der Waals surface area contributed by atoms with Crippen LogP contribution in [0.4, 0.5) is 5.82 Å². The van der Waals surface area contributed by atoms with Crippen molar-refractivity contribution >= 4 is 11.6 Å². The van der Waals surface area contributed by atoms with Crippen LogP contribution in [0.5, 0.6) is 5.88 Å². The number of aryl methyl sites for hydroxylation is 2. The van der Waals surface area contributed by atoms with E-state index in [4.69, 9.17) is 4.74 Å². The molecule has 1 saturated heterocycles. The predicted octanol–water partition coefficient (Wildman–Crippen LogP) is 1.83. The van der Waals surface area contributed by atoms with Crippen LogP contribution < -0.4 is 9.64 Å². The zero-order valence-corrected chi connectivity index (χ0v) is 14.5. The molecule has 8 nitrogen and oxygen atoms in total. The van der Waals surface area contributed by atoms with Crippen molar-refractivity contribution in [2.45, 2.75) is 26.7 Å². The molecule has 130 valence electrons. The molecule has 8 heteroatoms. The van der Waals surface area contributed by atoms with Crippen LogP contribution in [-0.2, 0) is 0 Å². The van der Waals surface area contributed by atoms with Crippen molar-refractivity contribution in [3.05, 3.63) is 36.2 Å². The van der Waals surface area contributed by atoms with Gasteiger partial charge in [-0.3, -0.25) is 0 Å². The van der Waals surface area contributed by atoms with Gasteiger partial charge in [-0.1, -0.05) is 0 Å². The maximum Gasteiger partial charge on any atom is 0.254 e.